The van der Waals surface area contributed by atoms with Gasteiger partial charge in [-0.25, -0.2) is 0 Å². The largest absolute Gasteiger partial charge is 0.387 e. The normalized spacial score (nSPS) is 17.7. The van der Waals surface area contributed by atoms with Crippen molar-refractivity contribution >= 4 is 0 Å². The molecule has 2 aromatic rings. The van der Waals surface area contributed by atoms with Gasteiger partial charge < -0.3 is 9.63 Å². The smallest absolute Gasteiger partial charge is 0.241 e. The molecule has 0 amide bonds. The maximum absolute atomic E-state index is 10.2. The Labute approximate surface area is 124 Å². The maximum atomic E-state index is 10.2. The van der Waals surface area contributed by atoms with Gasteiger partial charge in [-0.1, -0.05) is 42.8 Å². The molecule has 21 heavy (non-hydrogen) atoms. The highest BCUT2D eigenvalue weighted by Gasteiger charge is 2.40. The van der Waals surface area contributed by atoms with E-state index in [9.17, 15) is 5.11 Å². The maximum Gasteiger partial charge on any atom is 0.241 e. The molecule has 1 fully saturated rings. The van der Waals surface area contributed by atoms with Crippen LogP contribution >= 0.6 is 0 Å². The van der Waals surface area contributed by atoms with E-state index in [0.717, 1.165) is 24.0 Å². The summed E-state index contributed by atoms with van der Waals surface area (Å²) in [5, 5.41) is 14.2. The third-order valence-electron chi connectivity index (χ3n) is 3.96. The zero-order chi connectivity index (χ0) is 14.9. The van der Waals surface area contributed by atoms with E-state index in [-0.39, 0.29) is 0 Å². The Morgan fingerprint density at radius 2 is 2.10 bits per heavy atom. The first-order chi connectivity index (χ1) is 10.1. The molecule has 1 aliphatic heterocycles. The Morgan fingerprint density at radius 3 is 2.81 bits per heavy atom. The van der Waals surface area contributed by atoms with Gasteiger partial charge in [0.25, 0.3) is 0 Å². The van der Waals surface area contributed by atoms with Gasteiger partial charge in [-0.15, -0.1) is 0 Å². The van der Waals surface area contributed by atoms with Crippen LogP contribution in [0.5, 0.6) is 0 Å². The monoisotopic (exact) mass is 287 g/mol. The molecule has 0 spiro atoms. The van der Waals surface area contributed by atoms with Crippen molar-refractivity contribution in [3.63, 3.8) is 0 Å². The van der Waals surface area contributed by atoms with Crippen LogP contribution in [0.3, 0.4) is 0 Å². The Balaban J connectivity index is 1.64. The number of nitrogens with zero attached hydrogens (tertiary/aromatic N) is 3. The van der Waals surface area contributed by atoms with E-state index in [2.05, 4.69) is 22.0 Å². The van der Waals surface area contributed by atoms with Crippen molar-refractivity contribution in [3.05, 3.63) is 35.7 Å². The van der Waals surface area contributed by atoms with Gasteiger partial charge in [-0.3, -0.25) is 4.90 Å². The van der Waals surface area contributed by atoms with Crippen LogP contribution in [-0.2, 0) is 6.54 Å². The number of aromatic nitrogens is 2. The van der Waals surface area contributed by atoms with E-state index < -0.39 is 5.60 Å². The van der Waals surface area contributed by atoms with Crippen molar-refractivity contribution in [2.75, 3.05) is 13.1 Å². The first-order valence-corrected chi connectivity index (χ1v) is 7.43. The van der Waals surface area contributed by atoms with Crippen LogP contribution in [0, 0.1) is 6.92 Å². The summed E-state index contributed by atoms with van der Waals surface area (Å²) in [6.07, 6.45) is 1.85. The number of hydrogen-bond donors (Lipinski definition) is 1. The van der Waals surface area contributed by atoms with Gasteiger partial charge >= 0.3 is 0 Å². The summed E-state index contributed by atoms with van der Waals surface area (Å²) in [6.45, 7) is 6.09. The van der Waals surface area contributed by atoms with Gasteiger partial charge in [0.2, 0.25) is 11.7 Å². The molecule has 112 valence electrons. The molecule has 5 heteroatoms. The van der Waals surface area contributed by atoms with Gasteiger partial charge in [-0.05, 0) is 18.9 Å². The average molecular weight is 287 g/mol. The van der Waals surface area contributed by atoms with Crippen molar-refractivity contribution in [1.29, 1.82) is 0 Å². The van der Waals surface area contributed by atoms with E-state index in [1.54, 1.807) is 0 Å². The predicted molar refractivity (Wildman–Crippen MR) is 79.6 cm³/mol. The van der Waals surface area contributed by atoms with Crippen molar-refractivity contribution < 1.29 is 9.63 Å². The Hall–Kier alpha value is -1.72. The average Bonchev–Trinajstić information content (AvgIpc) is 2.86. The molecule has 1 aliphatic rings. The fourth-order valence-electron chi connectivity index (χ4n) is 2.96. The Kier molecular flexibility index (Phi) is 3.78. The van der Waals surface area contributed by atoms with Gasteiger partial charge in [0.1, 0.15) is 0 Å². The van der Waals surface area contributed by atoms with Gasteiger partial charge in [0.05, 0.1) is 12.1 Å². The standard InChI is InChI=1S/C16H21N3O2/c1-3-8-16(20)10-19(11-16)9-14-17-15(18-21-14)13-7-5-4-6-12(13)2/h4-7,20H,3,8-11H2,1-2H3. The van der Waals surface area contributed by atoms with Crippen LogP contribution in [0.4, 0.5) is 0 Å². The molecular weight excluding hydrogens is 266 g/mol. The molecule has 0 unspecified atom stereocenters. The number of likely N-dealkylation sites (tertiary alicyclic amines) is 1. The number of rotatable bonds is 5. The molecule has 0 atom stereocenters. The zero-order valence-corrected chi connectivity index (χ0v) is 12.5. The van der Waals surface area contributed by atoms with Crippen LogP contribution in [0.2, 0.25) is 0 Å². The SMILES string of the molecule is CCCC1(O)CN(Cc2nc(-c3ccccc3C)no2)C1. The second-order valence-corrected chi connectivity index (χ2v) is 5.95. The van der Waals surface area contributed by atoms with E-state index in [4.69, 9.17) is 4.52 Å². The van der Waals surface area contributed by atoms with E-state index >= 15 is 0 Å². The molecule has 0 aliphatic carbocycles. The highest BCUT2D eigenvalue weighted by atomic mass is 16.5. The summed E-state index contributed by atoms with van der Waals surface area (Å²) >= 11 is 0. The second kappa shape index (κ2) is 5.58. The fraction of sp³-hybridized carbons (Fsp3) is 0.500. The van der Waals surface area contributed by atoms with E-state index in [1.165, 1.54) is 0 Å². The molecule has 0 saturated carbocycles. The number of hydrogen-bond acceptors (Lipinski definition) is 5. The number of benzene rings is 1. The van der Waals surface area contributed by atoms with Crippen LogP contribution in [0.1, 0.15) is 31.2 Å². The minimum absolute atomic E-state index is 0.520. The molecular formula is C16H21N3O2. The van der Waals surface area contributed by atoms with Crippen LogP contribution in [0.15, 0.2) is 28.8 Å². The number of β-amino-alcohol motifs (C(OH)–C–C–N with tert-alkyl or cyclic N) is 1. The minimum Gasteiger partial charge on any atom is -0.387 e. The molecule has 5 nitrogen and oxygen atoms in total. The lowest BCUT2D eigenvalue weighted by Gasteiger charge is -2.46. The lowest BCUT2D eigenvalue weighted by molar-refractivity contribution is -0.109. The summed E-state index contributed by atoms with van der Waals surface area (Å²) in [4.78, 5) is 6.59. The lowest BCUT2D eigenvalue weighted by Crippen LogP contribution is -2.60. The third kappa shape index (κ3) is 2.99. The topological polar surface area (TPSA) is 62.4 Å². The summed E-state index contributed by atoms with van der Waals surface area (Å²) in [5.74, 6) is 1.24. The van der Waals surface area contributed by atoms with Crippen molar-refractivity contribution in [1.82, 2.24) is 15.0 Å². The van der Waals surface area contributed by atoms with Gasteiger partial charge in [-0.2, -0.15) is 4.98 Å². The predicted octanol–water partition coefficient (Wildman–Crippen LogP) is 2.39. The van der Waals surface area contributed by atoms with Crippen LogP contribution in [-0.4, -0.2) is 38.8 Å². The molecule has 3 rings (SSSR count). The fourth-order valence-corrected chi connectivity index (χ4v) is 2.96. The van der Waals surface area contributed by atoms with Gasteiger partial charge in [0.15, 0.2) is 0 Å². The first-order valence-electron chi connectivity index (χ1n) is 7.43. The van der Waals surface area contributed by atoms with Gasteiger partial charge in [0, 0.05) is 18.7 Å². The highest BCUT2D eigenvalue weighted by molar-refractivity contribution is 5.58. The highest BCUT2D eigenvalue weighted by Crippen LogP contribution is 2.27. The van der Waals surface area contributed by atoms with Crippen molar-refractivity contribution in [3.8, 4) is 11.4 Å². The quantitative estimate of drug-likeness (QED) is 0.915. The van der Waals surface area contributed by atoms with E-state index in [0.29, 0.717) is 31.3 Å². The van der Waals surface area contributed by atoms with Crippen LogP contribution in [0.25, 0.3) is 11.4 Å². The number of aryl methyl sites for hydroxylation is 1. The Bertz CT molecular complexity index is 617. The molecule has 2 heterocycles. The Morgan fingerprint density at radius 1 is 1.33 bits per heavy atom. The second-order valence-electron chi connectivity index (χ2n) is 5.95. The molecule has 0 bridgehead atoms. The van der Waals surface area contributed by atoms with Crippen LogP contribution < -0.4 is 0 Å². The summed E-state index contributed by atoms with van der Waals surface area (Å²) in [6, 6.07) is 7.99. The van der Waals surface area contributed by atoms with Crippen molar-refractivity contribution in [2.45, 2.75) is 38.8 Å². The molecule has 1 saturated heterocycles. The summed E-state index contributed by atoms with van der Waals surface area (Å²) in [7, 11) is 0. The molecule has 1 aromatic carbocycles. The zero-order valence-electron chi connectivity index (χ0n) is 12.5. The lowest BCUT2D eigenvalue weighted by atomic mass is 9.89. The van der Waals surface area contributed by atoms with Crippen molar-refractivity contribution in [2.24, 2.45) is 0 Å². The summed E-state index contributed by atoms with van der Waals surface area (Å²) < 4.78 is 5.32. The number of aliphatic hydroxyl groups is 1. The minimum atomic E-state index is -0.520. The molecule has 0 radical (unpaired) electrons. The molecule has 1 N–H and O–H groups in total. The van der Waals surface area contributed by atoms with E-state index in [1.807, 2.05) is 31.2 Å². The first kappa shape index (κ1) is 14.2. The third-order valence-corrected chi connectivity index (χ3v) is 3.96. The molecule has 1 aromatic heterocycles. The summed E-state index contributed by atoms with van der Waals surface area (Å²) in [5.41, 5.74) is 1.61.